The average molecular weight is 368 g/mol. The SMILES string of the molecule is Fc1ccc2c(ccn2OCCCNCCOc2ccc3c(c2)CCC3)c1. The topological polar surface area (TPSA) is 35.4 Å². The molecule has 5 heteroatoms. The summed E-state index contributed by atoms with van der Waals surface area (Å²) in [5.41, 5.74) is 3.80. The van der Waals surface area contributed by atoms with E-state index in [1.807, 2.05) is 12.3 Å². The second kappa shape index (κ2) is 8.44. The quantitative estimate of drug-likeness (QED) is 0.584. The van der Waals surface area contributed by atoms with Crippen LogP contribution in [0.1, 0.15) is 24.0 Å². The Morgan fingerprint density at radius 1 is 0.963 bits per heavy atom. The minimum Gasteiger partial charge on any atom is -0.492 e. The summed E-state index contributed by atoms with van der Waals surface area (Å²) >= 11 is 0. The zero-order valence-corrected chi connectivity index (χ0v) is 15.4. The molecule has 0 amide bonds. The van der Waals surface area contributed by atoms with Crippen molar-refractivity contribution in [2.75, 3.05) is 26.3 Å². The largest absolute Gasteiger partial charge is 0.492 e. The molecule has 3 aromatic rings. The number of benzene rings is 2. The number of hydrogen-bond acceptors (Lipinski definition) is 3. The maximum absolute atomic E-state index is 13.2. The summed E-state index contributed by atoms with van der Waals surface area (Å²) in [6, 6.07) is 13.0. The number of aromatic nitrogens is 1. The van der Waals surface area contributed by atoms with Gasteiger partial charge in [-0.25, -0.2) is 4.39 Å². The van der Waals surface area contributed by atoms with E-state index in [0.717, 1.165) is 36.2 Å². The number of nitrogens with zero attached hydrogens (tertiary/aromatic N) is 1. The van der Waals surface area contributed by atoms with Gasteiger partial charge in [-0.05, 0) is 79.8 Å². The van der Waals surface area contributed by atoms with Crippen molar-refractivity contribution in [2.24, 2.45) is 0 Å². The van der Waals surface area contributed by atoms with Gasteiger partial charge in [0.15, 0.2) is 0 Å². The summed E-state index contributed by atoms with van der Waals surface area (Å²) in [4.78, 5) is 5.74. The molecule has 4 rings (SSSR count). The molecular formula is C22H25FN2O2. The van der Waals surface area contributed by atoms with E-state index in [1.54, 1.807) is 10.8 Å². The van der Waals surface area contributed by atoms with Crippen molar-refractivity contribution in [2.45, 2.75) is 25.7 Å². The zero-order valence-electron chi connectivity index (χ0n) is 15.4. The van der Waals surface area contributed by atoms with E-state index in [0.29, 0.717) is 13.2 Å². The van der Waals surface area contributed by atoms with Gasteiger partial charge in [-0.1, -0.05) is 6.07 Å². The normalized spacial score (nSPS) is 13.1. The third-order valence-corrected chi connectivity index (χ3v) is 4.96. The maximum atomic E-state index is 13.2. The van der Waals surface area contributed by atoms with E-state index in [-0.39, 0.29) is 5.82 Å². The first kappa shape index (κ1) is 17.9. The second-order valence-electron chi connectivity index (χ2n) is 6.91. The summed E-state index contributed by atoms with van der Waals surface area (Å²) in [5, 5.41) is 4.21. The lowest BCUT2D eigenvalue weighted by Gasteiger charge is -2.10. The third kappa shape index (κ3) is 4.42. The van der Waals surface area contributed by atoms with Gasteiger partial charge >= 0.3 is 0 Å². The van der Waals surface area contributed by atoms with E-state index in [2.05, 4.69) is 23.5 Å². The number of rotatable bonds is 9. The predicted octanol–water partition coefficient (Wildman–Crippen LogP) is 3.76. The van der Waals surface area contributed by atoms with Crippen LogP contribution in [0.5, 0.6) is 5.75 Å². The standard InChI is InChI=1S/C22H25FN2O2/c23-20-6-8-22-19(15-20)9-12-25(22)27-13-2-10-24-11-14-26-21-7-5-17-3-1-4-18(17)16-21/h5-9,12,15-16,24H,1-4,10-11,13-14H2. The molecule has 27 heavy (non-hydrogen) atoms. The van der Waals surface area contributed by atoms with Crippen LogP contribution in [0.3, 0.4) is 0 Å². The molecule has 0 saturated heterocycles. The van der Waals surface area contributed by atoms with Crippen LogP contribution in [-0.4, -0.2) is 31.0 Å². The monoisotopic (exact) mass is 368 g/mol. The number of aryl methyl sites for hydroxylation is 2. The first-order chi connectivity index (χ1) is 13.3. The van der Waals surface area contributed by atoms with Gasteiger partial charge in [0.25, 0.3) is 0 Å². The van der Waals surface area contributed by atoms with E-state index < -0.39 is 0 Å². The van der Waals surface area contributed by atoms with Gasteiger partial charge < -0.3 is 14.9 Å². The van der Waals surface area contributed by atoms with Crippen molar-refractivity contribution >= 4 is 10.9 Å². The molecule has 0 fully saturated rings. The van der Waals surface area contributed by atoms with E-state index in [4.69, 9.17) is 9.57 Å². The van der Waals surface area contributed by atoms with Crippen molar-refractivity contribution < 1.29 is 14.0 Å². The molecule has 0 bridgehead atoms. The highest BCUT2D eigenvalue weighted by Crippen LogP contribution is 2.25. The highest BCUT2D eigenvalue weighted by Gasteiger charge is 2.11. The summed E-state index contributed by atoms with van der Waals surface area (Å²) in [5.74, 6) is 0.739. The number of fused-ring (bicyclic) bond motifs is 2. The van der Waals surface area contributed by atoms with Crippen LogP contribution in [0.2, 0.25) is 0 Å². The highest BCUT2D eigenvalue weighted by molar-refractivity contribution is 5.79. The fraction of sp³-hybridized carbons (Fsp3) is 0.364. The molecule has 2 aromatic carbocycles. The van der Waals surface area contributed by atoms with Gasteiger partial charge in [0.2, 0.25) is 0 Å². The fourth-order valence-electron chi connectivity index (χ4n) is 3.56. The molecule has 0 radical (unpaired) electrons. The third-order valence-electron chi connectivity index (χ3n) is 4.96. The van der Waals surface area contributed by atoms with Crippen molar-refractivity contribution in [3.8, 4) is 5.75 Å². The first-order valence-electron chi connectivity index (χ1n) is 9.65. The molecule has 0 saturated carbocycles. The maximum Gasteiger partial charge on any atom is 0.123 e. The van der Waals surface area contributed by atoms with E-state index in [1.165, 1.54) is 42.5 Å². The number of nitrogens with one attached hydrogen (secondary N) is 1. The minimum atomic E-state index is -0.230. The second-order valence-corrected chi connectivity index (χ2v) is 6.91. The number of hydrogen-bond donors (Lipinski definition) is 1. The van der Waals surface area contributed by atoms with Crippen molar-refractivity contribution in [3.63, 3.8) is 0 Å². The van der Waals surface area contributed by atoms with Crippen molar-refractivity contribution in [1.29, 1.82) is 0 Å². The molecule has 0 spiro atoms. The minimum absolute atomic E-state index is 0.230. The molecule has 1 aliphatic carbocycles. The molecule has 1 aromatic heterocycles. The van der Waals surface area contributed by atoms with Gasteiger partial charge in [0, 0.05) is 18.1 Å². The zero-order chi connectivity index (χ0) is 18.5. The molecule has 4 nitrogen and oxygen atoms in total. The van der Waals surface area contributed by atoms with Crippen LogP contribution in [0.25, 0.3) is 10.9 Å². The lowest BCUT2D eigenvalue weighted by atomic mass is 10.1. The summed E-state index contributed by atoms with van der Waals surface area (Å²) in [6.45, 7) is 2.93. The smallest absolute Gasteiger partial charge is 0.123 e. The summed E-state index contributed by atoms with van der Waals surface area (Å²) < 4.78 is 20.7. The molecule has 1 aliphatic rings. The van der Waals surface area contributed by atoms with Gasteiger partial charge in [0.05, 0.1) is 5.52 Å². The Kier molecular flexibility index (Phi) is 5.58. The molecule has 0 atom stereocenters. The van der Waals surface area contributed by atoms with Gasteiger partial charge in [-0.2, -0.15) is 4.73 Å². The average Bonchev–Trinajstić information content (AvgIpc) is 3.30. The number of ether oxygens (including phenoxy) is 1. The summed E-state index contributed by atoms with van der Waals surface area (Å²) in [7, 11) is 0. The molecule has 1 N–H and O–H groups in total. The Balaban J connectivity index is 1.11. The molecule has 1 heterocycles. The van der Waals surface area contributed by atoms with Crippen molar-refractivity contribution in [1.82, 2.24) is 10.0 Å². The molecule has 0 aliphatic heterocycles. The molecule has 0 unspecified atom stereocenters. The summed E-state index contributed by atoms with van der Waals surface area (Å²) in [6.07, 6.45) is 6.35. The van der Waals surface area contributed by atoms with Crippen LogP contribution in [0.15, 0.2) is 48.7 Å². The van der Waals surface area contributed by atoms with Crippen LogP contribution in [-0.2, 0) is 12.8 Å². The van der Waals surface area contributed by atoms with Gasteiger partial charge in [-0.15, -0.1) is 0 Å². The van der Waals surface area contributed by atoms with Crippen LogP contribution < -0.4 is 14.9 Å². The van der Waals surface area contributed by atoms with Crippen LogP contribution >= 0.6 is 0 Å². The molecular weight excluding hydrogens is 343 g/mol. The Hall–Kier alpha value is -2.53. The predicted molar refractivity (Wildman–Crippen MR) is 105 cm³/mol. The number of halogens is 1. The Morgan fingerprint density at radius 2 is 1.89 bits per heavy atom. The Labute approximate surface area is 158 Å². The Bertz CT molecular complexity index is 906. The van der Waals surface area contributed by atoms with Gasteiger partial charge in [-0.3, -0.25) is 0 Å². The van der Waals surface area contributed by atoms with Crippen molar-refractivity contribution in [3.05, 3.63) is 65.6 Å². The Morgan fingerprint density at radius 3 is 2.85 bits per heavy atom. The van der Waals surface area contributed by atoms with Crippen LogP contribution in [0.4, 0.5) is 4.39 Å². The van der Waals surface area contributed by atoms with E-state index in [9.17, 15) is 4.39 Å². The molecule has 142 valence electrons. The lowest BCUT2D eigenvalue weighted by Crippen LogP contribution is -2.24. The first-order valence-corrected chi connectivity index (χ1v) is 9.65. The lowest BCUT2D eigenvalue weighted by molar-refractivity contribution is 0.118. The highest BCUT2D eigenvalue weighted by atomic mass is 19.1. The van der Waals surface area contributed by atoms with E-state index >= 15 is 0 Å². The van der Waals surface area contributed by atoms with Gasteiger partial charge in [0.1, 0.15) is 24.8 Å². The van der Waals surface area contributed by atoms with Crippen LogP contribution in [0, 0.1) is 5.82 Å². The fourth-order valence-corrected chi connectivity index (χ4v) is 3.56.